The van der Waals surface area contributed by atoms with Crippen LogP contribution >= 0.6 is 10.5 Å². The summed E-state index contributed by atoms with van der Waals surface area (Å²) in [4.78, 5) is 11.3. The molecule has 2 N–H and O–H groups in total. The van der Waals surface area contributed by atoms with Crippen LogP contribution in [0.1, 0.15) is 0 Å². The second kappa shape index (κ2) is 5.46. The average Bonchev–Trinajstić information content (AvgIpc) is 1.98. The normalized spacial score (nSPS) is 15.9. The summed E-state index contributed by atoms with van der Waals surface area (Å²) in [5.74, 6) is 3.70. The molecule has 2 atom stereocenters. The third kappa shape index (κ3) is 3.65. The lowest BCUT2D eigenvalue weighted by Gasteiger charge is -2.13. The van der Waals surface area contributed by atoms with Crippen molar-refractivity contribution >= 4 is 21.5 Å². The molecule has 0 rings (SSSR count). The van der Waals surface area contributed by atoms with E-state index in [9.17, 15) is 4.79 Å². The van der Waals surface area contributed by atoms with Crippen molar-refractivity contribution in [3.63, 3.8) is 0 Å². The minimum Gasteiger partial charge on any atom is -0.318 e. The molecule has 0 saturated carbocycles. The summed E-state index contributed by atoms with van der Waals surface area (Å²) in [6, 6.07) is -0.0918. The van der Waals surface area contributed by atoms with E-state index in [0.717, 1.165) is 0 Å². The summed E-state index contributed by atoms with van der Waals surface area (Å²) >= 11 is 0. The molecule has 66 valence electrons. The standard InChI is InChI=1S/C7H16N2OS/c1-8-5-6(9-2)7(10)11(3)4/h6,8-9H,3,5H2,1-2,4H3. The van der Waals surface area contributed by atoms with Crippen LogP contribution in [0.2, 0.25) is 0 Å². The minimum atomic E-state index is -0.383. The first kappa shape index (κ1) is 10.8. The molecule has 0 aliphatic heterocycles. The lowest BCUT2D eigenvalue weighted by molar-refractivity contribution is -0.112. The van der Waals surface area contributed by atoms with Crippen molar-refractivity contribution in [3.8, 4) is 0 Å². The molecule has 0 saturated heterocycles. The summed E-state index contributed by atoms with van der Waals surface area (Å²) in [5, 5.41) is 6.07. The highest BCUT2D eigenvalue weighted by Gasteiger charge is 2.14. The second-order valence-corrected chi connectivity index (χ2v) is 4.03. The van der Waals surface area contributed by atoms with E-state index in [2.05, 4.69) is 16.5 Å². The van der Waals surface area contributed by atoms with Crippen LogP contribution in [0, 0.1) is 0 Å². The fourth-order valence-electron chi connectivity index (χ4n) is 0.750. The van der Waals surface area contributed by atoms with E-state index in [0.29, 0.717) is 6.54 Å². The zero-order chi connectivity index (χ0) is 8.85. The van der Waals surface area contributed by atoms with Crippen molar-refractivity contribution in [1.82, 2.24) is 10.6 Å². The Morgan fingerprint density at radius 3 is 2.45 bits per heavy atom. The fourth-order valence-corrected chi connectivity index (χ4v) is 1.44. The largest absolute Gasteiger partial charge is 0.318 e. The molecule has 0 amide bonds. The van der Waals surface area contributed by atoms with Gasteiger partial charge in [0.1, 0.15) is 0 Å². The SMILES string of the molecule is C=S(C)C(=O)C(CNC)NC. The third-order valence-electron chi connectivity index (χ3n) is 1.38. The van der Waals surface area contributed by atoms with Gasteiger partial charge in [-0.2, -0.15) is 0 Å². The van der Waals surface area contributed by atoms with Crippen LogP contribution in [0.5, 0.6) is 0 Å². The van der Waals surface area contributed by atoms with Crippen molar-refractivity contribution in [3.05, 3.63) is 0 Å². The number of likely N-dealkylation sites (N-methyl/N-ethyl adjacent to an activating group) is 2. The summed E-state index contributed by atoms with van der Waals surface area (Å²) in [7, 11) is 3.23. The highest BCUT2D eigenvalue weighted by Crippen LogP contribution is 2.06. The van der Waals surface area contributed by atoms with Gasteiger partial charge in [-0.25, -0.2) is 0 Å². The minimum absolute atomic E-state index is 0.0918. The Balaban J connectivity index is 4.02. The zero-order valence-corrected chi connectivity index (χ0v) is 8.12. The highest BCUT2D eigenvalue weighted by molar-refractivity contribution is 8.26. The Labute approximate surface area is 70.5 Å². The van der Waals surface area contributed by atoms with Gasteiger partial charge in [0.2, 0.25) is 5.12 Å². The molecule has 4 heteroatoms. The monoisotopic (exact) mass is 176 g/mol. The lowest BCUT2D eigenvalue weighted by Crippen LogP contribution is -2.40. The molecule has 0 aliphatic rings. The number of rotatable bonds is 4. The van der Waals surface area contributed by atoms with Crippen LogP contribution in [0.25, 0.3) is 0 Å². The van der Waals surface area contributed by atoms with Crippen LogP contribution in [0.4, 0.5) is 0 Å². The van der Waals surface area contributed by atoms with Crippen LogP contribution in [-0.4, -0.2) is 43.9 Å². The van der Waals surface area contributed by atoms with Gasteiger partial charge >= 0.3 is 0 Å². The van der Waals surface area contributed by atoms with Crippen LogP contribution in [0.3, 0.4) is 0 Å². The van der Waals surface area contributed by atoms with Gasteiger partial charge in [-0.15, -0.1) is 10.5 Å². The summed E-state index contributed by atoms with van der Waals surface area (Å²) in [6.45, 7) is 0.669. The van der Waals surface area contributed by atoms with Gasteiger partial charge in [0.25, 0.3) is 0 Å². The predicted octanol–water partition coefficient (Wildman–Crippen LogP) is -0.349. The molecule has 11 heavy (non-hydrogen) atoms. The number of hydrogen-bond donors (Lipinski definition) is 2. The first-order chi connectivity index (χ1) is 5.13. The number of carbonyl (C=O) groups excluding carboxylic acids is 1. The molecule has 0 fully saturated rings. The van der Waals surface area contributed by atoms with Crippen molar-refractivity contribution < 1.29 is 4.79 Å². The molecule has 0 aromatic rings. The van der Waals surface area contributed by atoms with Gasteiger partial charge < -0.3 is 10.6 Å². The molecule has 2 unspecified atom stereocenters. The number of hydrogen-bond acceptors (Lipinski definition) is 3. The van der Waals surface area contributed by atoms with E-state index in [4.69, 9.17) is 0 Å². The quantitative estimate of drug-likeness (QED) is 0.575. The molecule has 0 aromatic carbocycles. The van der Waals surface area contributed by atoms with E-state index in [-0.39, 0.29) is 21.6 Å². The average molecular weight is 176 g/mol. The molecule has 0 heterocycles. The maximum atomic E-state index is 11.3. The summed E-state index contributed by atoms with van der Waals surface area (Å²) in [5.41, 5.74) is 0. The van der Waals surface area contributed by atoms with E-state index < -0.39 is 0 Å². The zero-order valence-electron chi connectivity index (χ0n) is 7.31. The summed E-state index contributed by atoms with van der Waals surface area (Å²) in [6.07, 6.45) is 1.84. The number of nitrogens with one attached hydrogen (secondary N) is 2. The van der Waals surface area contributed by atoms with E-state index in [1.165, 1.54) is 0 Å². The van der Waals surface area contributed by atoms with Crippen LogP contribution in [0.15, 0.2) is 0 Å². The Morgan fingerprint density at radius 1 is 1.64 bits per heavy atom. The lowest BCUT2D eigenvalue weighted by atomic mass is 10.3. The Hall–Kier alpha value is -0.190. The Kier molecular flexibility index (Phi) is 5.36. The van der Waals surface area contributed by atoms with E-state index in [1.54, 1.807) is 7.05 Å². The molecule has 0 aliphatic carbocycles. The number of carbonyl (C=O) groups is 1. The molecule has 0 bridgehead atoms. The first-order valence-corrected chi connectivity index (χ1v) is 5.25. The highest BCUT2D eigenvalue weighted by atomic mass is 32.2. The van der Waals surface area contributed by atoms with Gasteiger partial charge in [0.15, 0.2) is 0 Å². The van der Waals surface area contributed by atoms with Gasteiger partial charge in [0, 0.05) is 6.54 Å². The maximum Gasteiger partial charge on any atom is 0.200 e. The molecule has 0 spiro atoms. The van der Waals surface area contributed by atoms with Crippen molar-refractivity contribution in [1.29, 1.82) is 0 Å². The smallest absolute Gasteiger partial charge is 0.200 e. The molecule has 3 nitrogen and oxygen atoms in total. The third-order valence-corrected chi connectivity index (χ3v) is 2.36. The molecule has 0 radical (unpaired) electrons. The van der Waals surface area contributed by atoms with Crippen molar-refractivity contribution in [2.75, 3.05) is 26.9 Å². The van der Waals surface area contributed by atoms with Gasteiger partial charge in [-0.1, -0.05) is 5.87 Å². The van der Waals surface area contributed by atoms with Crippen LogP contribution in [-0.2, 0) is 4.79 Å². The van der Waals surface area contributed by atoms with Crippen molar-refractivity contribution in [2.24, 2.45) is 0 Å². The second-order valence-electron chi connectivity index (χ2n) is 2.36. The van der Waals surface area contributed by atoms with Gasteiger partial charge in [-0.05, 0) is 20.4 Å². The Morgan fingerprint density at radius 2 is 2.18 bits per heavy atom. The van der Waals surface area contributed by atoms with Gasteiger partial charge in [-0.3, -0.25) is 4.79 Å². The maximum absolute atomic E-state index is 11.3. The Bertz CT molecular complexity index is 159. The first-order valence-electron chi connectivity index (χ1n) is 3.44. The van der Waals surface area contributed by atoms with E-state index >= 15 is 0 Å². The fraction of sp³-hybridized carbons (Fsp3) is 0.714. The predicted molar refractivity (Wildman–Crippen MR) is 52.4 cm³/mol. The van der Waals surface area contributed by atoms with Crippen molar-refractivity contribution in [2.45, 2.75) is 6.04 Å². The topological polar surface area (TPSA) is 41.1 Å². The van der Waals surface area contributed by atoms with Crippen LogP contribution < -0.4 is 10.6 Å². The summed E-state index contributed by atoms with van der Waals surface area (Å²) < 4.78 is 0. The van der Waals surface area contributed by atoms with E-state index in [1.807, 2.05) is 13.3 Å². The van der Waals surface area contributed by atoms with Gasteiger partial charge in [0.05, 0.1) is 6.04 Å². The molecular formula is C7H16N2OS. The molecular weight excluding hydrogens is 160 g/mol. The molecule has 0 aromatic heterocycles.